The second-order valence-corrected chi connectivity index (χ2v) is 8.98. The lowest BCUT2D eigenvalue weighted by atomic mass is 10.1. The lowest BCUT2D eigenvalue weighted by Crippen LogP contribution is -2.49. The van der Waals surface area contributed by atoms with Crippen LogP contribution in [0.1, 0.15) is 12.0 Å². The molecule has 3 aromatic heterocycles. The Kier molecular flexibility index (Phi) is 7.09. The highest BCUT2D eigenvalue weighted by molar-refractivity contribution is 5.83. The zero-order valence-corrected chi connectivity index (χ0v) is 20.6. The lowest BCUT2D eigenvalue weighted by Gasteiger charge is -2.35. The number of rotatable bonds is 7. The number of imidazole rings is 1. The molecule has 0 aliphatic carbocycles. The molecule has 5 rings (SSSR count). The number of alkyl halides is 3. The summed E-state index contributed by atoms with van der Waals surface area (Å²) in [5, 5.41) is 6.21. The Balaban J connectivity index is 1.21. The van der Waals surface area contributed by atoms with E-state index >= 15 is 0 Å². The Morgan fingerprint density at radius 2 is 1.84 bits per heavy atom. The number of halogens is 3. The molecule has 38 heavy (non-hydrogen) atoms. The molecule has 4 heterocycles. The van der Waals surface area contributed by atoms with Crippen LogP contribution in [0, 0.1) is 0 Å². The van der Waals surface area contributed by atoms with E-state index in [9.17, 15) is 18.0 Å². The fourth-order valence-corrected chi connectivity index (χ4v) is 4.34. The smallest absolute Gasteiger partial charge is 0.373 e. The molecule has 1 amide bonds. The predicted octanol–water partition coefficient (Wildman–Crippen LogP) is 3.80. The van der Waals surface area contributed by atoms with Crippen LogP contribution in [-0.2, 0) is 11.3 Å². The number of pyridine rings is 1. The second kappa shape index (κ2) is 10.6. The molecule has 1 saturated heterocycles. The zero-order chi connectivity index (χ0) is 26.7. The van der Waals surface area contributed by atoms with Crippen LogP contribution in [0.3, 0.4) is 0 Å². The molecule has 4 aromatic rings. The van der Waals surface area contributed by atoms with Gasteiger partial charge in [-0.3, -0.25) is 9.69 Å². The highest BCUT2D eigenvalue weighted by Crippen LogP contribution is 2.25. The Hall–Kier alpha value is -4.26. The summed E-state index contributed by atoms with van der Waals surface area (Å²) in [6, 6.07) is 11.5. The number of hydrogen-bond acceptors (Lipinski definition) is 8. The van der Waals surface area contributed by atoms with E-state index in [-0.39, 0.29) is 13.1 Å². The van der Waals surface area contributed by atoms with Crippen molar-refractivity contribution in [3.8, 4) is 11.3 Å². The number of nitrogens with one attached hydrogen (secondary N) is 3. The Labute approximate surface area is 216 Å². The molecule has 198 valence electrons. The summed E-state index contributed by atoms with van der Waals surface area (Å²) < 4.78 is 37.5. The largest absolute Gasteiger partial charge is 0.397 e. The average Bonchev–Trinajstić information content (AvgIpc) is 3.30. The summed E-state index contributed by atoms with van der Waals surface area (Å²) >= 11 is 0. The number of nitrogens with zero attached hydrogens (tertiary/aromatic N) is 6. The summed E-state index contributed by atoms with van der Waals surface area (Å²) in [6.07, 6.45) is -2.69. The van der Waals surface area contributed by atoms with Gasteiger partial charge in [0.05, 0.1) is 16.7 Å². The topological polar surface area (TPSA) is 115 Å². The molecule has 1 fully saturated rings. The van der Waals surface area contributed by atoms with Crippen molar-refractivity contribution in [1.82, 2.24) is 34.7 Å². The summed E-state index contributed by atoms with van der Waals surface area (Å²) in [6.45, 7) is 2.15. The molecule has 1 aliphatic heterocycles. The van der Waals surface area contributed by atoms with Gasteiger partial charge in [0.15, 0.2) is 0 Å². The van der Waals surface area contributed by atoms with Crippen LogP contribution in [0.5, 0.6) is 0 Å². The molecule has 0 spiro atoms. The van der Waals surface area contributed by atoms with Gasteiger partial charge in [-0.2, -0.15) is 13.2 Å². The van der Waals surface area contributed by atoms with Crippen molar-refractivity contribution in [2.24, 2.45) is 0 Å². The van der Waals surface area contributed by atoms with Gasteiger partial charge >= 0.3 is 6.18 Å². The molecule has 0 atom stereocenters. The SMILES string of the molecule is CNc1cc(-c2ccc3nc(Nc4cc(CN5CCN(C(=O)CC(F)(F)F)CC5)ccn4)[nH]c3c2)ncn1. The molecule has 0 radical (unpaired) electrons. The van der Waals surface area contributed by atoms with Crippen LogP contribution >= 0.6 is 0 Å². The molecule has 1 aliphatic rings. The van der Waals surface area contributed by atoms with Crippen molar-refractivity contribution in [3.05, 3.63) is 54.5 Å². The summed E-state index contributed by atoms with van der Waals surface area (Å²) in [7, 11) is 1.80. The number of fused-ring (bicyclic) bond motifs is 1. The van der Waals surface area contributed by atoms with Crippen LogP contribution < -0.4 is 10.6 Å². The quantitative estimate of drug-likeness (QED) is 0.334. The number of anilines is 3. The third-order valence-electron chi connectivity index (χ3n) is 6.25. The maximum Gasteiger partial charge on any atom is 0.397 e. The summed E-state index contributed by atoms with van der Waals surface area (Å²) in [5.41, 5.74) is 4.32. The monoisotopic (exact) mass is 525 g/mol. The van der Waals surface area contributed by atoms with Crippen LogP contribution in [0.15, 0.2) is 48.9 Å². The normalized spacial score (nSPS) is 14.6. The molecule has 10 nitrogen and oxygen atoms in total. The van der Waals surface area contributed by atoms with Crippen molar-refractivity contribution >= 4 is 34.5 Å². The number of aromatic nitrogens is 5. The van der Waals surface area contributed by atoms with E-state index in [0.717, 1.165) is 33.7 Å². The number of benzene rings is 1. The van der Waals surface area contributed by atoms with Gasteiger partial charge in [-0.25, -0.2) is 19.9 Å². The van der Waals surface area contributed by atoms with E-state index in [2.05, 4.69) is 40.5 Å². The van der Waals surface area contributed by atoms with E-state index in [1.54, 1.807) is 13.2 Å². The average molecular weight is 526 g/mol. The van der Waals surface area contributed by atoms with Crippen molar-refractivity contribution in [2.75, 3.05) is 43.9 Å². The van der Waals surface area contributed by atoms with E-state index in [1.165, 1.54) is 11.2 Å². The first-order chi connectivity index (χ1) is 18.3. The minimum atomic E-state index is -4.48. The molecule has 1 aromatic carbocycles. The first-order valence-corrected chi connectivity index (χ1v) is 12.0. The maximum atomic E-state index is 12.5. The number of amides is 1. The van der Waals surface area contributed by atoms with Crippen molar-refractivity contribution in [1.29, 1.82) is 0 Å². The molecule has 0 saturated carbocycles. The highest BCUT2D eigenvalue weighted by atomic mass is 19.4. The zero-order valence-electron chi connectivity index (χ0n) is 20.6. The Bertz CT molecular complexity index is 1430. The van der Waals surface area contributed by atoms with E-state index in [1.807, 2.05) is 36.4 Å². The lowest BCUT2D eigenvalue weighted by molar-refractivity contribution is -0.162. The first-order valence-electron chi connectivity index (χ1n) is 12.0. The van der Waals surface area contributed by atoms with Gasteiger partial charge in [-0.15, -0.1) is 0 Å². The fourth-order valence-electron chi connectivity index (χ4n) is 4.34. The molecule has 13 heteroatoms. The number of hydrogen-bond donors (Lipinski definition) is 3. The first kappa shape index (κ1) is 25.4. The van der Waals surface area contributed by atoms with Crippen LogP contribution in [0.4, 0.5) is 30.8 Å². The summed E-state index contributed by atoms with van der Waals surface area (Å²) in [5.74, 6) is 1.00. The van der Waals surface area contributed by atoms with Gasteiger partial charge in [0.2, 0.25) is 11.9 Å². The van der Waals surface area contributed by atoms with Crippen LogP contribution in [0.2, 0.25) is 0 Å². The van der Waals surface area contributed by atoms with Crippen LogP contribution in [0.25, 0.3) is 22.3 Å². The third-order valence-corrected chi connectivity index (χ3v) is 6.25. The van der Waals surface area contributed by atoms with Crippen molar-refractivity contribution in [2.45, 2.75) is 19.1 Å². The number of carbonyl (C=O) groups excluding carboxylic acids is 1. The molecular weight excluding hydrogens is 499 g/mol. The molecule has 3 N–H and O–H groups in total. The molecular formula is C25H26F3N9O. The van der Waals surface area contributed by atoms with E-state index < -0.39 is 18.5 Å². The fraction of sp³-hybridized carbons (Fsp3) is 0.320. The van der Waals surface area contributed by atoms with E-state index in [4.69, 9.17) is 0 Å². The molecule has 0 unspecified atom stereocenters. The van der Waals surface area contributed by atoms with Gasteiger partial charge in [0.1, 0.15) is 24.4 Å². The maximum absolute atomic E-state index is 12.5. The van der Waals surface area contributed by atoms with Gasteiger partial charge in [0.25, 0.3) is 0 Å². The van der Waals surface area contributed by atoms with Gasteiger partial charge < -0.3 is 20.5 Å². The van der Waals surface area contributed by atoms with Gasteiger partial charge in [0, 0.05) is 57.6 Å². The third kappa shape index (κ3) is 6.17. The van der Waals surface area contributed by atoms with Crippen LogP contribution in [-0.4, -0.2) is 80.0 Å². The number of H-pyrrole nitrogens is 1. The van der Waals surface area contributed by atoms with Crippen molar-refractivity contribution in [3.63, 3.8) is 0 Å². The van der Waals surface area contributed by atoms with Gasteiger partial charge in [-0.1, -0.05) is 6.07 Å². The minimum Gasteiger partial charge on any atom is -0.373 e. The number of piperazine rings is 1. The van der Waals surface area contributed by atoms with E-state index in [0.29, 0.717) is 31.4 Å². The second-order valence-electron chi connectivity index (χ2n) is 8.98. The van der Waals surface area contributed by atoms with Gasteiger partial charge in [-0.05, 0) is 29.8 Å². The molecule has 0 bridgehead atoms. The number of aromatic amines is 1. The standard InChI is InChI=1S/C25H26F3N9O/c1-29-21-12-19(31-15-32-21)17-2-3-18-20(11-17)34-24(33-18)35-22-10-16(4-5-30-22)14-36-6-8-37(9-7-36)23(38)13-25(26,27)28/h2-5,10-12,15H,6-9,13-14H2,1H3,(H,29,31,32)(H2,30,33,34,35). The Morgan fingerprint density at radius 1 is 1.03 bits per heavy atom. The Morgan fingerprint density at radius 3 is 2.61 bits per heavy atom. The minimum absolute atomic E-state index is 0.275. The predicted molar refractivity (Wildman–Crippen MR) is 137 cm³/mol. The highest BCUT2D eigenvalue weighted by Gasteiger charge is 2.34. The summed E-state index contributed by atoms with van der Waals surface area (Å²) in [4.78, 5) is 35.9. The number of carbonyl (C=O) groups is 1. The van der Waals surface area contributed by atoms with Crippen molar-refractivity contribution < 1.29 is 18.0 Å².